The predicted molar refractivity (Wildman–Crippen MR) is 170 cm³/mol. The highest BCUT2D eigenvalue weighted by atomic mass is 32.2. The molecule has 2 atom stereocenters. The van der Waals surface area contributed by atoms with Crippen LogP contribution >= 0.6 is 11.8 Å². The third-order valence-electron chi connectivity index (χ3n) is 7.77. The van der Waals surface area contributed by atoms with Crippen molar-refractivity contribution in [2.24, 2.45) is 0 Å². The quantitative estimate of drug-likeness (QED) is 0.191. The number of nitrogens with zero attached hydrogens (tertiary/aromatic N) is 1. The molecule has 222 valence electrons. The highest BCUT2D eigenvalue weighted by molar-refractivity contribution is 8.00. The van der Waals surface area contributed by atoms with Gasteiger partial charge >= 0.3 is 5.97 Å². The zero-order chi connectivity index (χ0) is 30.5. The minimum atomic E-state index is -0.722. The summed E-state index contributed by atoms with van der Waals surface area (Å²) in [6.07, 6.45) is -0.0271. The molecule has 0 aliphatic carbocycles. The minimum absolute atomic E-state index is 0.172. The van der Waals surface area contributed by atoms with E-state index in [4.69, 9.17) is 9.47 Å². The number of hydrogen-bond donors (Lipinski definition) is 1. The number of ether oxygens (including phenoxy) is 2. The molecular weight excluding hydrogens is 572 g/mol. The first kappa shape index (κ1) is 29.3. The van der Waals surface area contributed by atoms with Gasteiger partial charge in [-0.15, -0.1) is 11.8 Å². The molecule has 1 fully saturated rings. The Hall–Kier alpha value is -4.82. The summed E-state index contributed by atoms with van der Waals surface area (Å²) in [5, 5.41) is 2.50. The highest BCUT2D eigenvalue weighted by Gasteiger charge is 2.54. The number of carbonyl (C=O) groups is 3. The third-order valence-corrected chi connectivity index (χ3v) is 9.11. The summed E-state index contributed by atoms with van der Waals surface area (Å²) in [7, 11) is 1.62. The van der Waals surface area contributed by atoms with Crippen molar-refractivity contribution in [1.29, 1.82) is 0 Å². The second-order valence-electron chi connectivity index (χ2n) is 10.7. The molecular formula is C36H32N2O5S. The van der Waals surface area contributed by atoms with Crippen LogP contribution in [0.3, 0.4) is 0 Å². The van der Waals surface area contributed by atoms with Crippen molar-refractivity contribution in [1.82, 2.24) is 10.2 Å². The van der Waals surface area contributed by atoms with Gasteiger partial charge in [0.2, 0.25) is 5.91 Å². The molecule has 2 heterocycles. The van der Waals surface area contributed by atoms with Crippen molar-refractivity contribution < 1.29 is 23.9 Å². The van der Waals surface area contributed by atoms with Crippen molar-refractivity contribution >= 4 is 29.5 Å². The Kier molecular flexibility index (Phi) is 8.79. The summed E-state index contributed by atoms with van der Waals surface area (Å²) >= 11 is 1.54. The van der Waals surface area contributed by atoms with Crippen molar-refractivity contribution in [3.05, 3.63) is 149 Å². The van der Waals surface area contributed by atoms with Crippen LogP contribution in [0.2, 0.25) is 0 Å². The van der Waals surface area contributed by atoms with E-state index < -0.39 is 23.5 Å². The fourth-order valence-corrected chi connectivity index (χ4v) is 6.90. The normalized spacial score (nSPS) is 17.5. The van der Waals surface area contributed by atoms with E-state index in [9.17, 15) is 14.4 Å². The maximum atomic E-state index is 14.2. The zero-order valence-electron chi connectivity index (χ0n) is 24.2. The predicted octanol–water partition coefficient (Wildman–Crippen LogP) is 5.47. The molecule has 2 amide bonds. The summed E-state index contributed by atoms with van der Waals surface area (Å²) in [4.78, 5) is 42.2. The van der Waals surface area contributed by atoms with Gasteiger partial charge in [0.15, 0.2) is 6.10 Å². The molecule has 0 radical (unpaired) electrons. The van der Waals surface area contributed by atoms with Crippen molar-refractivity contribution in [3.63, 3.8) is 0 Å². The Bertz CT molecular complexity index is 1620. The SMILES string of the molecule is COc1ccc(CC2=C(C(=O)OC(c3ccccc3)c3ccccc3)N3C(=O)C(NC(=O)Cc4ccccc4)[C@@H]3SC2)cc1. The van der Waals surface area contributed by atoms with Gasteiger partial charge in [-0.3, -0.25) is 14.5 Å². The molecule has 4 aromatic rings. The molecule has 4 aromatic carbocycles. The Morgan fingerprint density at radius 3 is 2.02 bits per heavy atom. The van der Waals surface area contributed by atoms with Gasteiger partial charge in [-0.1, -0.05) is 103 Å². The van der Waals surface area contributed by atoms with Crippen LogP contribution in [0.15, 0.2) is 127 Å². The number of β-lactam (4-membered cyclic amide) rings is 1. The Balaban J connectivity index is 1.29. The molecule has 2 aliphatic rings. The van der Waals surface area contributed by atoms with E-state index in [1.807, 2.05) is 115 Å². The van der Waals surface area contributed by atoms with Gasteiger partial charge < -0.3 is 14.8 Å². The molecule has 7 nitrogen and oxygen atoms in total. The summed E-state index contributed by atoms with van der Waals surface area (Å²) in [6.45, 7) is 0. The van der Waals surface area contributed by atoms with Crippen LogP contribution in [-0.4, -0.2) is 47.0 Å². The van der Waals surface area contributed by atoms with E-state index in [1.165, 1.54) is 4.90 Å². The molecule has 2 aliphatic heterocycles. The van der Waals surface area contributed by atoms with Crippen molar-refractivity contribution in [2.45, 2.75) is 30.4 Å². The molecule has 1 saturated heterocycles. The number of carbonyl (C=O) groups excluding carboxylic acids is 3. The second-order valence-corrected chi connectivity index (χ2v) is 11.8. The maximum Gasteiger partial charge on any atom is 0.356 e. The Labute approximate surface area is 260 Å². The monoisotopic (exact) mass is 604 g/mol. The van der Waals surface area contributed by atoms with E-state index >= 15 is 0 Å². The number of nitrogens with one attached hydrogen (secondary N) is 1. The van der Waals surface area contributed by atoms with Crippen LogP contribution in [0.1, 0.15) is 28.4 Å². The van der Waals surface area contributed by atoms with Crippen LogP contribution in [0.4, 0.5) is 0 Å². The van der Waals surface area contributed by atoms with Gasteiger partial charge in [-0.05, 0) is 46.4 Å². The smallest absolute Gasteiger partial charge is 0.356 e. The summed E-state index contributed by atoms with van der Waals surface area (Å²) in [6, 6.07) is 35.5. The van der Waals surface area contributed by atoms with Gasteiger partial charge in [0.05, 0.1) is 13.5 Å². The van der Waals surface area contributed by atoms with E-state index in [-0.39, 0.29) is 23.9 Å². The van der Waals surface area contributed by atoms with E-state index in [1.54, 1.807) is 18.9 Å². The molecule has 0 saturated carbocycles. The van der Waals surface area contributed by atoms with Crippen LogP contribution in [0, 0.1) is 0 Å². The lowest BCUT2D eigenvalue weighted by Gasteiger charge is -2.50. The van der Waals surface area contributed by atoms with Gasteiger partial charge in [0.1, 0.15) is 22.9 Å². The summed E-state index contributed by atoms with van der Waals surface area (Å²) in [5.74, 6) is 0.121. The summed E-state index contributed by atoms with van der Waals surface area (Å²) in [5.41, 5.74) is 4.54. The van der Waals surface area contributed by atoms with Gasteiger partial charge in [-0.2, -0.15) is 0 Å². The molecule has 1 N–H and O–H groups in total. The van der Waals surface area contributed by atoms with Crippen molar-refractivity contribution in [3.8, 4) is 5.75 Å². The average molecular weight is 605 g/mol. The average Bonchev–Trinajstić information content (AvgIpc) is 3.07. The van der Waals surface area contributed by atoms with Gasteiger partial charge in [0, 0.05) is 5.75 Å². The molecule has 8 heteroatoms. The topological polar surface area (TPSA) is 84.9 Å². The number of amides is 2. The first-order chi connectivity index (χ1) is 21.5. The molecule has 1 unspecified atom stereocenters. The molecule has 44 heavy (non-hydrogen) atoms. The minimum Gasteiger partial charge on any atom is -0.497 e. The van der Waals surface area contributed by atoms with E-state index in [0.717, 1.165) is 33.6 Å². The van der Waals surface area contributed by atoms with E-state index in [0.29, 0.717) is 12.2 Å². The largest absolute Gasteiger partial charge is 0.497 e. The lowest BCUT2D eigenvalue weighted by Crippen LogP contribution is -2.70. The zero-order valence-corrected chi connectivity index (χ0v) is 25.0. The lowest BCUT2D eigenvalue weighted by molar-refractivity contribution is -0.154. The lowest BCUT2D eigenvalue weighted by atomic mass is 9.98. The Morgan fingerprint density at radius 1 is 0.841 bits per heavy atom. The molecule has 0 spiro atoms. The molecule has 0 bridgehead atoms. The van der Waals surface area contributed by atoms with Crippen LogP contribution in [-0.2, 0) is 32.0 Å². The number of methoxy groups -OCH3 is 1. The van der Waals surface area contributed by atoms with Crippen LogP contribution in [0.5, 0.6) is 5.75 Å². The van der Waals surface area contributed by atoms with Crippen molar-refractivity contribution in [2.75, 3.05) is 12.9 Å². The van der Waals surface area contributed by atoms with Crippen LogP contribution < -0.4 is 10.1 Å². The maximum absolute atomic E-state index is 14.2. The fraction of sp³-hybridized carbons (Fsp3) is 0.194. The first-order valence-electron chi connectivity index (χ1n) is 14.5. The number of fused-ring (bicyclic) bond motifs is 1. The fourth-order valence-electron chi connectivity index (χ4n) is 5.55. The number of thioether (sulfide) groups is 1. The first-order valence-corrected chi connectivity index (χ1v) is 15.5. The standard InChI is InChI=1S/C36H32N2O5S/c1-42-29-19-17-25(18-20-29)21-28-23-44-35-31(37-30(39)22-24-11-5-2-6-12-24)34(40)38(35)32(28)36(41)43-33(26-13-7-3-8-14-26)27-15-9-4-10-16-27/h2-20,31,33,35H,21-23H2,1H3,(H,37,39)/t31?,35-/m0/s1. The molecule has 6 rings (SSSR count). The summed E-state index contributed by atoms with van der Waals surface area (Å²) < 4.78 is 11.6. The number of rotatable bonds is 10. The number of esters is 1. The third kappa shape index (κ3) is 6.26. The van der Waals surface area contributed by atoms with E-state index in [2.05, 4.69) is 5.32 Å². The second kappa shape index (κ2) is 13.2. The highest BCUT2D eigenvalue weighted by Crippen LogP contribution is 2.42. The number of hydrogen-bond acceptors (Lipinski definition) is 6. The van der Waals surface area contributed by atoms with Gasteiger partial charge in [0.25, 0.3) is 5.91 Å². The molecule has 0 aromatic heterocycles. The van der Waals surface area contributed by atoms with Gasteiger partial charge in [-0.25, -0.2) is 4.79 Å². The Morgan fingerprint density at radius 2 is 1.43 bits per heavy atom. The van der Waals surface area contributed by atoms with Crippen LogP contribution in [0.25, 0.3) is 0 Å². The number of benzene rings is 4.